The second-order valence-corrected chi connectivity index (χ2v) is 5.70. The lowest BCUT2D eigenvalue weighted by Crippen LogP contribution is -2.45. The molecular weight excluding hydrogens is 280 g/mol. The zero-order valence-corrected chi connectivity index (χ0v) is 12.2. The second-order valence-electron chi connectivity index (χ2n) is 5.70. The Morgan fingerprint density at radius 3 is 2.68 bits per heavy atom. The second kappa shape index (κ2) is 6.13. The summed E-state index contributed by atoms with van der Waals surface area (Å²) in [6.07, 6.45) is 3.17. The highest BCUT2D eigenvalue weighted by atomic mass is 16.4. The molecule has 3 rings (SSSR count). The van der Waals surface area contributed by atoms with Crippen molar-refractivity contribution in [1.29, 1.82) is 0 Å². The van der Waals surface area contributed by atoms with Gasteiger partial charge in [0.15, 0.2) is 0 Å². The first-order chi connectivity index (χ1) is 10.6. The minimum atomic E-state index is -0.837. The van der Waals surface area contributed by atoms with Crippen molar-refractivity contribution in [2.24, 2.45) is 5.92 Å². The van der Waals surface area contributed by atoms with Crippen LogP contribution in [0, 0.1) is 5.92 Å². The molecule has 2 N–H and O–H groups in total. The van der Waals surface area contributed by atoms with Gasteiger partial charge in [-0.25, -0.2) is 4.98 Å². The van der Waals surface area contributed by atoms with E-state index in [-0.39, 0.29) is 11.9 Å². The number of carboxylic acid groups (broad SMARTS) is 1. The predicted octanol–water partition coefficient (Wildman–Crippen LogP) is 2.61. The van der Waals surface area contributed by atoms with Gasteiger partial charge in [-0.2, -0.15) is 0 Å². The summed E-state index contributed by atoms with van der Waals surface area (Å²) in [5, 5.41) is 13.1. The van der Waals surface area contributed by atoms with Crippen LogP contribution in [-0.4, -0.2) is 28.0 Å². The molecular formula is C17H18N2O3. The van der Waals surface area contributed by atoms with Gasteiger partial charge in [-0.05, 0) is 25.0 Å². The molecule has 5 nitrogen and oxygen atoms in total. The van der Waals surface area contributed by atoms with Crippen LogP contribution in [0.3, 0.4) is 0 Å². The molecule has 0 spiro atoms. The molecule has 114 valence electrons. The van der Waals surface area contributed by atoms with Crippen LogP contribution >= 0.6 is 0 Å². The van der Waals surface area contributed by atoms with Crippen molar-refractivity contribution in [2.75, 3.05) is 0 Å². The number of aliphatic carboxylic acids is 1. The molecule has 0 saturated heterocycles. The van der Waals surface area contributed by atoms with Gasteiger partial charge in [0.05, 0.1) is 11.4 Å². The Kier molecular flexibility index (Phi) is 4.04. The summed E-state index contributed by atoms with van der Waals surface area (Å²) >= 11 is 0. The summed E-state index contributed by atoms with van der Waals surface area (Å²) in [4.78, 5) is 28.0. The fourth-order valence-electron chi connectivity index (χ4n) is 3.03. The lowest BCUT2D eigenvalue weighted by Gasteiger charge is -2.29. The summed E-state index contributed by atoms with van der Waals surface area (Å²) in [5.41, 5.74) is 1.09. The Hall–Kier alpha value is -2.43. The van der Waals surface area contributed by atoms with Gasteiger partial charge in [0.1, 0.15) is 5.69 Å². The number of hydrogen-bond acceptors (Lipinski definition) is 3. The maximum atomic E-state index is 12.4. The third kappa shape index (κ3) is 2.93. The highest BCUT2D eigenvalue weighted by Gasteiger charge is 2.32. The zero-order chi connectivity index (χ0) is 15.5. The topological polar surface area (TPSA) is 79.3 Å². The van der Waals surface area contributed by atoms with Crippen molar-refractivity contribution in [3.8, 4) is 0 Å². The first kappa shape index (κ1) is 14.5. The highest BCUT2D eigenvalue weighted by molar-refractivity contribution is 5.95. The van der Waals surface area contributed by atoms with E-state index < -0.39 is 11.9 Å². The summed E-state index contributed by atoms with van der Waals surface area (Å²) in [5.74, 6) is -1.64. The first-order valence-corrected chi connectivity index (χ1v) is 7.54. The molecule has 2 aromatic rings. The quantitative estimate of drug-likeness (QED) is 0.913. The number of carbonyl (C=O) groups is 2. The van der Waals surface area contributed by atoms with E-state index in [4.69, 9.17) is 0 Å². The van der Waals surface area contributed by atoms with E-state index in [0.29, 0.717) is 18.5 Å². The third-order valence-electron chi connectivity index (χ3n) is 4.23. The average Bonchev–Trinajstić information content (AvgIpc) is 2.54. The standard InChI is InChI=1S/C17H18N2O3/c20-16(19-14-8-4-2-6-12(14)17(21)22)15-10-9-11-5-1-3-7-13(11)18-15/h1,3,5,7,9-10,12,14H,2,4,6,8H2,(H,19,20)(H,21,22). The maximum absolute atomic E-state index is 12.4. The lowest BCUT2D eigenvalue weighted by atomic mass is 9.84. The van der Waals surface area contributed by atoms with Crippen molar-refractivity contribution in [3.63, 3.8) is 0 Å². The van der Waals surface area contributed by atoms with Gasteiger partial charge in [0.25, 0.3) is 5.91 Å². The van der Waals surface area contributed by atoms with Gasteiger partial charge in [-0.1, -0.05) is 37.1 Å². The van der Waals surface area contributed by atoms with Gasteiger partial charge in [-0.3, -0.25) is 9.59 Å². The molecule has 22 heavy (non-hydrogen) atoms. The number of rotatable bonds is 3. The van der Waals surface area contributed by atoms with Crippen LogP contribution in [0.25, 0.3) is 10.9 Å². The number of nitrogens with zero attached hydrogens (tertiary/aromatic N) is 1. The van der Waals surface area contributed by atoms with Crippen molar-refractivity contribution in [3.05, 3.63) is 42.1 Å². The maximum Gasteiger partial charge on any atom is 0.308 e. The van der Waals surface area contributed by atoms with E-state index >= 15 is 0 Å². The van der Waals surface area contributed by atoms with Gasteiger partial charge < -0.3 is 10.4 Å². The number of hydrogen-bond donors (Lipinski definition) is 2. The number of carboxylic acids is 1. The van der Waals surface area contributed by atoms with E-state index in [1.807, 2.05) is 30.3 Å². The molecule has 1 aliphatic rings. The zero-order valence-electron chi connectivity index (χ0n) is 12.2. The van der Waals surface area contributed by atoms with Gasteiger partial charge in [-0.15, -0.1) is 0 Å². The SMILES string of the molecule is O=C(NC1CCCCC1C(=O)O)c1ccc2ccccc2n1. The average molecular weight is 298 g/mol. The smallest absolute Gasteiger partial charge is 0.308 e. The Labute approximate surface area is 128 Å². The molecule has 0 bridgehead atoms. The lowest BCUT2D eigenvalue weighted by molar-refractivity contribution is -0.143. The fourth-order valence-corrected chi connectivity index (χ4v) is 3.03. The van der Waals surface area contributed by atoms with E-state index in [1.165, 1.54) is 0 Å². The third-order valence-corrected chi connectivity index (χ3v) is 4.23. The molecule has 2 atom stereocenters. The molecule has 1 saturated carbocycles. The molecule has 1 amide bonds. The Morgan fingerprint density at radius 1 is 1.09 bits per heavy atom. The number of fused-ring (bicyclic) bond motifs is 1. The fraction of sp³-hybridized carbons (Fsp3) is 0.353. The number of aromatic nitrogens is 1. The first-order valence-electron chi connectivity index (χ1n) is 7.54. The molecule has 0 aliphatic heterocycles. The molecule has 1 heterocycles. The van der Waals surface area contributed by atoms with Crippen LogP contribution in [0.1, 0.15) is 36.2 Å². The Bertz CT molecular complexity index is 714. The van der Waals surface area contributed by atoms with Gasteiger partial charge >= 0.3 is 5.97 Å². The van der Waals surface area contributed by atoms with Crippen LogP contribution in [0.4, 0.5) is 0 Å². The van der Waals surface area contributed by atoms with Gasteiger partial charge in [0, 0.05) is 11.4 Å². The molecule has 5 heteroatoms. The van der Waals surface area contributed by atoms with Crippen LogP contribution < -0.4 is 5.32 Å². The summed E-state index contributed by atoms with van der Waals surface area (Å²) in [6.45, 7) is 0. The Balaban J connectivity index is 1.78. The number of carbonyl (C=O) groups excluding carboxylic acids is 1. The van der Waals surface area contributed by atoms with Crippen molar-refractivity contribution in [2.45, 2.75) is 31.7 Å². The molecule has 1 aromatic carbocycles. The molecule has 0 radical (unpaired) electrons. The van der Waals surface area contributed by atoms with Crippen molar-refractivity contribution < 1.29 is 14.7 Å². The van der Waals surface area contributed by atoms with Crippen LogP contribution in [0.2, 0.25) is 0 Å². The van der Waals surface area contributed by atoms with E-state index in [0.717, 1.165) is 23.7 Å². The summed E-state index contributed by atoms with van der Waals surface area (Å²) < 4.78 is 0. The summed E-state index contributed by atoms with van der Waals surface area (Å²) in [7, 11) is 0. The monoisotopic (exact) mass is 298 g/mol. The van der Waals surface area contributed by atoms with E-state index in [9.17, 15) is 14.7 Å². The minimum absolute atomic E-state index is 0.302. The predicted molar refractivity (Wildman–Crippen MR) is 82.6 cm³/mol. The number of benzene rings is 1. The van der Waals surface area contributed by atoms with Crippen molar-refractivity contribution in [1.82, 2.24) is 10.3 Å². The largest absolute Gasteiger partial charge is 0.481 e. The van der Waals surface area contributed by atoms with Gasteiger partial charge in [0.2, 0.25) is 0 Å². The molecule has 1 aliphatic carbocycles. The van der Waals surface area contributed by atoms with Crippen LogP contribution in [0.15, 0.2) is 36.4 Å². The normalized spacial score (nSPS) is 21.5. The number of pyridine rings is 1. The molecule has 1 fully saturated rings. The number of para-hydroxylation sites is 1. The molecule has 2 unspecified atom stereocenters. The number of nitrogens with one attached hydrogen (secondary N) is 1. The van der Waals surface area contributed by atoms with E-state index in [1.54, 1.807) is 6.07 Å². The van der Waals surface area contributed by atoms with Crippen LogP contribution in [0.5, 0.6) is 0 Å². The molecule has 1 aromatic heterocycles. The van der Waals surface area contributed by atoms with Crippen molar-refractivity contribution >= 4 is 22.8 Å². The highest BCUT2D eigenvalue weighted by Crippen LogP contribution is 2.25. The number of amides is 1. The Morgan fingerprint density at radius 2 is 1.86 bits per heavy atom. The summed E-state index contributed by atoms with van der Waals surface area (Å²) in [6, 6.07) is 10.8. The van der Waals surface area contributed by atoms with Crippen LogP contribution in [-0.2, 0) is 4.79 Å². The minimum Gasteiger partial charge on any atom is -0.481 e. The van der Waals surface area contributed by atoms with E-state index in [2.05, 4.69) is 10.3 Å².